The Balaban J connectivity index is 4.08. The second-order valence-corrected chi connectivity index (χ2v) is 22.0. The highest BCUT2D eigenvalue weighted by Gasteiger charge is 2.26. The summed E-state index contributed by atoms with van der Waals surface area (Å²) < 4.78 is 33.1. The number of unbranched alkanes of at least 4 members (excludes halogenated alkanes) is 19. The number of rotatable bonds is 58. The number of carbonyl (C=O) groups is 2. The number of carbonyl (C=O) groups excluding carboxylic acids is 2. The topological polar surface area (TPSA) is 134 Å². The first-order chi connectivity index (χ1) is 39.8. The molecule has 0 aromatic rings. The Morgan fingerprint density at radius 1 is 0.383 bits per heavy atom. The standard InChI is InChI=1S/C71H116NO8P/c1-3-5-7-9-11-13-15-17-19-21-23-25-27-29-30-31-32-33-34-35-36-37-38-40-42-44-46-48-50-52-54-56-58-60-62-64-71(74)80-69(68-79-81(75,76)78-66-65-72)67-77-70(73)63-61-59-57-55-53-51-49-47-45-43-41-39-28-26-24-22-20-18-16-14-12-10-8-6-4-2/h5,7,11,13,16-19,22-25,28-30,32-33,35-36,38-40,44,46,50,52,69H,3-4,6,8-10,12,14-15,20-21,26-27,31,34,37,41-43,45,47-49,51,53-68,72H2,1-2H3,(H,75,76)/b7-5-,13-11-,18-16-,19-17-,24-22-,25-23-,30-29-,33-32-,36-35-,39-28-,40-38-,46-44-,52-50-. The van der Waals surface area contributed by atoms with Gasteiger partial charge in [0.1, 0.15) is 6.61 Å². The van der Waals surface area contributed by atoms with Crippen molar-refractivity contribution < 1.29 is 37.6 Å². The van der Waals surface area contributed by atoms with Gasteiger partial charge < -0.3 is 20.1 Å². The molecular formula is C71H116NO8P. The van der Waals surface area contributed by atoms with Crippen molar-refractivity contribution in [2.24, 2.45) is 5.73 Å². The number of nitrogens with two attached hydrogens (primary N) is 1. The number of esters is 2. The third kappa shape index (κ3) is 64.7. The van der Waals surface area contributed by atoms with Crippen molar-refractivity contribution >= 4 is 19.8 Å². The second-order valence-electron chi connectivity index (χ2n) is 20.5. The van der Waals surface area contributed by atoms with Crippen molar-refractivity contribution in [1.82, 2.24) is 0 Å². The minimum absolute atomic E-state index is 0.0397. The quantitative estimate of drug-likeness (QED) is 0.0264. The van der Waals surface area contributed by atoms with Crippen LogP contribution in [0, 0.1) is 0 Å². The van der Waals surface area contributed by atoms with Gasteiger partial charge >= 0.3 is 19.8 Å². The highest BCUT2D eigenvalue weighted by molar-refractivity contribution is 7.47. The van der Waals surface area contributed by atoms with E-state index in [0.29, 0.717) is 6.42 Å². The summed E-state index contributed by atoms with van der Waals surface area (Å²) in [5.41, 5.74) is 5.39. The molecule has 0 aliphatic heterocycles. The molecule has 0 heterocycles. The van der Waals surface area contributed by atoms with Gasteiger partial charge in [-0.3, -0.25) is 18.6 Å². The van der Waals surface area contributed by atoms with Gasteiger partial charge in [-0.1, -0.05) is 262 Å². The fourth-order valence-electron chi connectivity index (χ4n) is 8.20. The molecule has 0 bridgehead atoms. The molecule has 10 heteroatoms. The maximum Gasteiger partial charge on any atom is 0.472 e. The Bertz CT molecular complexity index is 1880. The van der Waals surface area contributed by atoms with Crippen molar-refractivity contribution in [2.45, 2.75) is 251 Å². The molecule has 0 saturated carbocycles. The predicted octanol–water partition coefficient (Wildman–Crippen LogP) is 20.8. The fourth-order valence-corrected chi connectivity index (χ4v) is 8.96. The van der Waals surface area contributed by atoms with Crippen LogP contribution in [0.5, 0.6) is 0 Å². The van der Waals surface area contributed by atoms with E-state index in [0.717, 1.165) is 135 Å². The molecule has 0 aliphatic rings. The zero-order chi connectivity index (χ0) is 58.7. The number of phosphoric acid groups is 1. The molecule has 0 spiro atoms. The zero-order valence-corrected chi connectivity index (χ0v) is 52.1. The molecule has 81 heavy (non-hydrogen) atoms. The fraction of sp³-hybridized carbons (Fsp3) is 0.606. The summed E-state index contributed by atoms with van der Waals surface area (Å²) in [5.74, 6) is -0.871. The molecule has 0 aromatic carbocycles. The van der Waals surface area contributed by atoms with E-state index in [-0.39, 0.29) is 32.6 Å². The van der Waals surface area contributed by atoms with E-state index in [1.54, 1.807) is 0 Å². The number of ether oxygens (including phenoxy) is 2. The van der Waals surface area contributed by atoms with E-state index in [2.05, 4.69) is 172 Å². The molecule has 0 radical (unpaired) electrons. The van der Waals surface area contributed by atoms with Crippen LogP contribution in [0.15, 0.2) is 158 Å². The monoisotopic (exact) mass is 1140 g/mol. The number of hydrogen-bond donors (Lipinski definition) is 2. The highest BCUT2D eigenvalue weighted by atomic mass is 31.2. The lowest BCUT2D eigenvalue weighted by Gasteiger charge is -2.19. The molecule has 0 aromatic heterocycles. The van der Waals surface area contributed by atoms with Gasteiger partial charge in [-0.15, -0.1) is 0 Å². The number of phosphoric ester groups is 1. The SMILES string of the molecule is CC/C=C\C/C=C\C/C=C\C/C=C\C/C=C\C/C=C\C/C=C\C/C=C\C/C=C\C/C=C\CCCCCCC(=O)OC(COC(=O)CCCCCCCCCCCC/C=C\C/C=C\C/C=C\CCCCCCC)COP(=O)(O)OCCN. The molecule has 458 valence electrons. The van der Waals surface area contributed by atoms with Crippen LogP contribution in [-0.2, 0) is 32.7 Å². The summed E-state index contributed by atoms with van der Waals surface area (Å²) in [5, 5.41) is 0. The van der Waals surface area contributed by atoms with Crippen LogP contribution in [0.2, 0.25) is 0 Å². The van der Waals surface area contributed by atoms with Crippen molar-refractivity contribution in [3.8, 4) is 0 Å². The molecular weight excluding hydrogens is 1030 g/mol. The molecule has 2 atom stereocenters. The Hall–Kier alpha value is -4.37. The first kappa shape index (κ1) is 76.6. The Morgan fingerprint density at radius 2 is 0.679 bits per heavy atom. The number of hydrogen-bond acceptors (Lipinski definition) is 8. The molecule has 3 N–H and O–H groups in total. The average Bonchev–Trinajstić information content (AvgIpc) is 3.46. The molecule has 9 nitrogen and oxygen atoms in total. The second kappa shape index (κ2) is 64.8. The summed E-state index contributed by atoms with van der Waals surface area (Å²) in [6.07, 6.45) is 94.5. The third-order valence-electron chi connectivity index (χ3n) is 12.9. The van der Waals surface area contributed by atoms with Gasteiger partial charge in [0.2, 0.25) is 0 Å². The highest BCUT2D eigenvalue weighted by Crippen LogP contribution is 2.43. The van der Waals surface area contributed by atoms with Crippen LogP contribution in [-0.4, -0.2) is 49.3 Å². The van der Waals surface area contributed by atoms with Gasteiger partial charge in [-0.2, -0.15) is 0 Å². The molecule has 0 saturated heterocycles. The van der Waals surface area contributed by atoms with Crippen LogP contribution in [0.4, 0.5) is 0 Å². The maximum absolute atomic E-state index is 12.7. The molecule has 0 aliphatic carbocycles. The van der Waals surface area contributed by atoms with E-state index < -0.39 is 32.5 Å². The van der Waals surface area contributed by atoms with E-state index >= 15 is 0 Å². The lowest BCUT2D eigenvalue weighted by molar-refractivity contribution is -0.161. The summed E-state index contributed by atoms with van der Waals surface area (Å²) in [7, 11) is -4.41. The van der Waals surface area contributed by atoms with Crippen LogP contribution in [0.3, 0.4) is 0 Å². The molecule has 0 amide bonds. The summed E-state index contributed by atoms with van der Waals surface area (Å²) in [6, 6.07) is 0. The van der Waals surface area contributed by atoms with Gasteiger partial charge in [0.25, 0.3) is 0 Å². The van der Waals surface area contributed by atoms with E-state index in [4.69, 9.17) is 24.3 Å². The van der Waals surface area contributed by atoms with Gasteiger partial charge in [0.05, 0.1) is 13.2 Å². The summed E-state index contributed by atoms with van der Waals surface area (Å²) >= 11 is 0. The van der Waals surface area contributed by atoms with Crippen molar-refractivity contribution in [2.75, 3.05) is 26.4 Å². The van der Waals surface area contributed by atoms with Gasteiger partial charge in [-0.25, -0.2) is 4.57 Å². The lowest BCUT2D eigenvalue weighted by atomic mass is 10.1. The Morgan fingerprint density at radius 3 is 1.01 bits per heavy atom. The minimum Gasteiger partial charge on any atom is -0.462 e. The van der Waals surface area contributed by atoms with Crippen LogP contribution >= 0.6 is 7.82 Å². The van der Waals surface area contributed by atoms with Crippen molar-refractivity contribution in [3.63, 3.8) is 0 Å². The largest absolute Gasteiger partial charge is 0.472 e. The van der Waals surface area contributed by atoms with Crippen molar-refractivity contribution in [3.05, 3.63) is 158 Å². The normalized spacial score (nSPS) is 14.1. The van der Waals surface area contributed by atoms with Crippen LogP contribution in [0.1, 0.15) is 245 Å². The van der Waals surface area contributed by atoms with E-state index in [1.165, 1.54) is 77.0 Å². The van der Waals surface area contributed by atoms with Crippen LogP contribution in [0.25, 0.3) is 0 Å². The van der Waals surface area contributed by atoms with Gasteiger partial charge in [-0.05, 0) is 128 Å². The summed E-state index contributed by atoms with van der Waals surface area (Å²) in [4.78, 5) is 35.3. The molecule has 2 unspecified atom stereocenters. The lowest BCUT2D eigenvalue weighted by Crippen LogP contribution is -2.29. The first-order valence-electron chi connectivity index (χ1n) is 32.0. The molecule has 0 rings (SSSR count). The maximum atomic E-state index is 12.7. The first-order valence-corrected chi connectivity index (χ1v) is 33.5. The minimum atomic E-state index is -4.41. The van der Waals surface area contributed by atoms with Crippen molar-refractivity contribution in [1.29, 1.82) is 0 Å². The van der Waals surface area contributed by atoms with Crippen LogP contribution < -0.4 is 5.73 Å². The Labute approximate surface area is 496 Å². The molecule has 0 fully saturated rings. The summed E-state index contributed by atoms with van der Waals surface area (Å²) in [6.45, 7) is 3.57. The number of allylic oxidation sites excluding steroid dienone is 26. The predicted molar refractivity (Wildman–Crippen MR) is 348 cm³/mol. The van der Waals surface area contributed by atoms with E-state index in [1.807, 2.05) is 0 Å². The zero-order valence-electron chi connectivity index (χ0n) is 51.2. The average molecular weight is 1140 g/mol. The Kier molecular flexibility index (Phi) is 61.3. The van der Waals surface area contributed by atoms with Gasteiger partial charge in [0, 0.05) is 19.4 Å². The van der Waals surface area contributed by atoms with E-state index in [9.17, 15) is 19.0 Å². The third-order valence-corrected chi connectivity index (χ3v) is 13.9. The smallest absolute Gasteiger partial charge is 0.462 e. The van der Waals surface area contributed by atoms with Gasteiger partial charge in [0.15, 0.2) is 6.10 Å².